The Bertz CT molecular complexity index is 1150. The van der Waals surface area contributed by atoms with Crippen LogP contribution >= 0.6 is 0 Å². The van der Waals surface area contributed by atoms with Crippen LogP contribution in [0.5, 0.6) is 0 Å². The standard InChI is InChI=1S/C26H25N3O3/c1-2-17-8-9-21-22(14-17)26(32-24(21)31)12-10-19(11-13-26)23(30)29-25-27-15-20(16-28-25)18-6-4-3-5-7-18/h3-9,14-16,19H,2,10-13H2,1H3,(H,27,28,29,30). The smallest absolute Gasteiger partial charge is 0.339 e. The summed E-state index contributed by atoms with van der Waals surface area (Å²) >= 11 is 0. The summed E-state index contributed by atoms with van der Waals surface area (Å²) in [5.41, 5.74) is 4.18. The molecule has 0 saturated heterocycles. The summed E-state index contributed by atoms with van der Waals surface area (Å²) in [7, 11) is 0. The van der Waals surface area contributed by atoms with E-state index >= 15 is 0 Å². The molecule has 2 aliphatic rings. The Hall–Kier alpha value is -3.54. The van der Waals surface area contributed by atoms with Crippen LogP contribution in [0, 0.1) is 5.92 Å². The molecule has 0 bridgehead atoms. The van der Waals surface area contributed by atoms with Crippen molar-refractivity contribution in [1.29, 1.82) is 0 Å². The van der Waals surface area contributed by atoms with Gasteiger partial charge in [-0.05, 0) is 49.3 Å². The number of hydrogen-bond acceptors (Lipinski definition) is 5. The molecule has 3 aromatic rings. The number of rotatable bonds is 4. The first-order valence-corrected chi connectivity index (χ1v) is 11.1. The molecule has 1 aromatic heterocycles. The number of hydrogen-bond donors (Lipinski definition) is 1. The Morgan fingerprint density at radius 1 is 1.06 bits per heavy atom. The van der Waals surface area contributed by atoms with E-state index in [0.717, 1.165) is 23.1 Å². The third-order valence-electron chi connectivity index (χ3n) is 6.65. The lowest BCUT2D eigenvalue weighted by Crippen LogP contribution is -2.36. The number of aryl methyl sites for hydroxylation is 1. The first-order chi connectivity index (χ1) is 15.6. The molecule has 1 aliphatic heterocycles. The molecule has 6 heteroatoms. The average molecular weight is 428 g/mol. The normalized spacial score (nSPS) is 21.8. The molecule has 1 aliphatic carbocycles. The predicted octanol–water partition coefficient (Wildman–Crippen LogP) is 4.90. The molecule has 0 radical (unpaired) electrons. The summed E-state index contributed by atoms with van der Waals surface area (Å²) in [5.74, 6) is -0.188. The van der Waals surface area contributed by atoms with Gasteiger partial charge >= 0.3 is 5.97 Å². The fraction of sp³-hybridized carbons (Fsp3) is 0.308. The van der Waals surface area contributed by atoms with Crippen molar-refractivity contribution in [3.05, 3.63) is 77.6 Å². The van der Waals surface area contributed by atoms with Crippen LogP contribution in [0.25, 0.3) is 11.1 Å². The summed E-state index contributed by atoms with van der Waals surface area (Å²) < 4.78 is 5.87. The minimum absolute atomic E-state index is 0.0841. The van der Waals surface area contributed by atoms with E-state index in [2.05, 4.69) is 28.3 Å². The van der Waals surface area contributed by atoms with Crippen LogP contribution in [0.2, 0.25) is 0 Å². The van der Waals surface area contributed by atoms with Gasteiger partial charge in [0.2, 0.25) is 11.9 Å². The number of esters is 1. The van der Waals surface area contributed by atoms with Gasteiger partial charge in [-0.25, -0.2) is 14.8 Å². The fourth-order valence-corrected chi connectivity index (χ4v) is 4.76. The number of fused-ring (bicyclic) bond motifs is 2. The van der Waals surface area contributed by atoms with E-state index in [1.807, 2.05) is 42.5 Å². The molecule has 0 unspecified atom stereocenters. The van der Waals surface area contributed by atoms with Gasteiger partial charge in [0.15, 0.2) is 0 Å². The lowest BCUT2D eigenvalue weighted by atomic mass is 9.74. The maximum Gasteiger partial charge on any atom is 0.339 e. The first-order valence-electron chi connectivity index (χ1n) is 11.1. The maximum atomic E-state index is 12.8. The topological polar surface area (TPSA) is 81.2 Å². The fourth-order valence-electron chi connectivity index (χ4n) is 4.76. The average Bonchev–Trinajstić information content (AvgIpc) is 3.11. The number of anilines is 1. The van der Waals surface area contributed by atoms with E-state index in [4.69, 9.17) is 4.74 Å². The Labute approximate surface area is 187 Å². The largest absolute Gasteiger partial charge is 0.451 e. The van der Waals surface area contributed by atoms with E-state index < -0.39 is 5.60 Å². The van der Waals surface area contributed by atoms with Gasteiger partial charge in [0, 0.05) is 29.4 Å². The number of carbonyl (C=O) groups excluding carboxylic acids is 2. The quantitative estimate of drug-likeness (QED) is 0.599. The summed E-state index contributed by atoms with van der Waals surface area (Å²) in [6.45, 7) is 2.10. The number of carbonyl (C=O) groups is 2. The maximum absolute atomic E-state index is 12.8. The zero-order valence-electron chi connectivity index (χ0n) is 18.0. The van der Waals surface area contributed by atoms with Crippen LogP contribution in [0.1, 0.15) is 54.1 Å². The second-order valence-corrected chi connectivity index (χ2v) is 8.54. The van der Waals surface area contributed by atoms with Gasteiger partial charge < -0.3 is 4.74 Å². The highest BCUT2D eigenvalue weighted by Gasteiger charge is 2.48. The highest BCUT2D eigenvalue weighted by molar-refractivity contribution is 5.95. The summed E-state index contributed by atoms with van der Waals surface area (Å²) in [6.07, 6.45) is 6.93. The van der Waals surface area contributed by atoms with Gasteiger partial charge in [-0.3, -0.25) is 10.1 Å². The van der Waals surface area contributed by atoms with Gasteiger partial charge in [-0.1, -0.05) is 49.4 Å². The molecular formula is C26H25N3O3. The highest BCUT2D eigenvalue weighted by atomic mass is 16.6. The predicted molar refractivity (Wildman–Crippen MR) is 121 cm³/mol. The first kappa shape index (κ1) is 20.4. The molecule has 1 saturated carbocycles. The lowest BCUT2D eigenvalue weighted by Gasteiger charge is -2.36. The summed E-state index contributed by atoms with van der Waals surface area (Å²) in [5, 5.41) is 2.85. The zero-order chi connectivity index (χ0) is 22.1. The number of nitrogens with zero attached hydrogens (tertiary/aromatic N) is 2. The van der Waals surface area contributed by atoms with Crippen LogP contribution in [-0.4, -0.2) is 21.8 Å². The van der Waals surface area contributed by atoms with Crippen molar-refractivity contribution in [2.24, 2.45) is 5.92 Å². The van der Waals surface area contributed by atoms with Gasteiger partial charge in [-0.15, -0.1) is 0 Å². The molecule has 32 heavy (non-hydrogen) atoms. The number of benzene rings is 2. The van der Waals surface area contributed by atoms with Crippen LogP contribution in [-0.2, 0) is 21.6 Å². The van der Waals surface area contributed by atoms with Crippen molar-refractivity contribution in [2.45, 2.75) is 44.6 Å². The van der Waals surface area contributed by atoms with Crippen molar-refractivity contribution in [1.82, 2.24) is 9.97 Å². The van der Waals surface area contributed by atoms with Crippen LogP contribution < -0.4 is 5.32 Å². The van der Waals surface area contributed by atoms with E-state index in [-0.39, 0.29) is 17.8 Å². The number of amides is 1. The van der Waals surface area contributed by atoms with E-state index in [0.29, 0.717) is 37.2 Å². The summed E-state index contributed by atoms with van der Waals surface area (Å²) in [6, 6.07) is 15.8. The minimum Gasteiger partial charge on any atom is -0.451 e. The highest BCUT2D eigenvalue weighted by Crippen LogP contribution is 2.48. The molecule has 1 spiro atoms. The second kappa shape index (κ2) is 8.19. The van der Waals surface area contributed by atoms with E-state index in [1.165, 1.54) is 5.56 Å². The van der Waals surface area contributed by atoms with Crippen molar-refractivity contribution in [3.63, 3.8) is 0 Å². The molecule has 1 fully saturated rings. The van der Waals surface area contributed by atoms with Crippen LogP contribution in [0.4, 0.5) is 5.95 Å². The Morgan fingerprint density at radius 2 is 1.78 bits per heavy atom. The third-order valence-corrected chi connectivity index (χ3v) is 6.65. The SMILES string of the molecule is CCc1ccc2c(c1)C1(CCC(C(=O)Nc3ncc(-c4ccccc4)cn3)CC1)OC2=O. The molecule has 1 amide bonds. The van der Waals surface area contributed by atoms with Crippen molar-refractivity contribution in [2.75, 3.05) is 5.32 Å². The molecule has 2 aromatic carbocycles. The monoisotopic (exact) mass is 427 g/mol. The molecular weight excluding hydrogens is 402 g/mol. The van der Waals surface area contributed by atoms with Crippen LogP contribution in [0.15, 0.2) is 60.9 Å². The van der Waals surface area contributed by atoms with E-state index in [9.17, 15) is 9.59 Å². The van der Waals surface area contributed by atoms with Gasteiger partial charge in [0.05, 0.1) is 5.56 Å². The second-order valence-electron chi connectivity index (χ2n) is 8.54. The molecule has 0 atom stereocenters. The Balaban J connectivity index is 1.25. The Kier molecular flexibility index (Phi) is 5.21. The molecule has 162 valence electrons. The van der Waals surface area contributed by atoms with Crippen molar-refractivity contribution >= 4 is 17.8 Å². The molecule has 6 nitrogen and oxygen atoms in total. The summed E-state index contributed by atoms with van der Waals surface area (Å²) in [4.78, 5) is 33.9. The number of aromatic nitrogens is 2. The van der Waals surface area contributed by atoms with Crippen LogP contribution in [0.3, 0.4) is 0 Å². The van der Waals surface area contributed by atoms with Gasteiger partial charge in [0.1, 0.15) is 5.60 Å². The van der Waals surface area contributed by atoms with Gasteiger partial charge in [-0.2, -0.15) is 0 Å². The Morgan fingerprint density at radius 3 is 2.47 bits per heavy atom. The van der Waals surface area contributed by atoms with E-state index in [1.54, 1.807) is 12.4 Å². The van der Waals surface area contributed by atoms with Crippen molar-refractivity contribution in [3.8, 4) is 11.1 Å². The third kappa shape index (κ3) is 3.66. The minimum atomic E-state index is -0.595. The molecule has 5 rings (SSSR count). The van der Waals surface area contributed by atoms with Gasteiger partial charge in [0.25, 0.3) is 0 Å². The number of nitrogens with one attached hydrogen (secondary N) is 1. The molecule has 1 N–H and O–H groups in total. The zero-order valence-corrected chi connectivity index (χ0v) is 18.0. The van der Waals surface area contributed by atoms with Crippen molar-refractivity contribution < 1.29 is 14.3 Å². The lowest BCUT2D eigenvalue weighted by molar-refractivity contribution is -0.122. The molecule has 2 heterocycles. The number of ether oxygens (including phenoxy) is 1.